The van der Waals surface area contributed by atoms with Crippen molar-refractivity contribution >= 4 is 15.9 Å². The molecule has 3 aromatic rings. The van der Waals surface area contributed by atoms with E-state index in [0.717, 1.165) is 36.1 Å². The van der Waals surface area contributed by atoms with Crippen molar-refractivity contribution < 1.29 is 17.6 Å². The highest BCUT2D eigenvalue weighted by Crippen LogP contribution is 2.29. The van der Waals surface area contributed by atoms with E-state index in [4.69, 9.17) is 0 Å². The summed E-state index contributed by atoms with van der Waals surface area (Å²) >= 11 is 0. The molecular formula is C25H29FN4O3S. The van der Waals surface area contributed by atoms with Gasteiger partial charge >= 0.3 is 0 Å². The van der Waals surface area contributed by atoms with Gasteiger partial charge in [0.15, 0.2) is 5.69 Å². The third-order valence-corrected chi connectivity index (χ3v) is 8.36. The molecule has 0 aliphatic heterocycles. The molecule has 0 fully saturated rings. The van der Waals surface area contributed by atoms with Gasteiger partial charge in [0.2, 0.25) is 10.0 Å². The van der Waals surface area contributed by atoms with E-state index in [1.807, 2.05) is 6.92 Å². The van der Waals surface area contributed by atoms with Gasteiger partial charge in [-0.2, -0.15) is 9.40 Å². The Morgan fingerprint density at radius 2 is 1.79 bits per heavy atom. The van der Waals surface area contributed by atoms with E-state index in [2.05, 4.69) is 10.4 Å². The van der Waals surface area contributed by atoms with Crippen LogP contribution in [0.1, 0.15) is 60.5 Å². The van der Waals surface area contributed by atoms with Crippen molar-refractivity contribution in [3.8, 4) is 5.69 Å². The summed E-state index contributed by atoms with van der Waals surface area (Å²) in [5, 5.41) is 7.43. The van der Waals surface area contributed by atoms with Crippen LogP contribution in [0.5, 0.6) is 0 Å². The van der Waals surface area contributed by atoms with Gasteiger partial charge in [-0.05, 0) is 56.0 Å². The predicted octanol–water partition coefficient (Wildman–Crippen LogP) is 4.02. The molecule has 34 heavy (non-hydrogen) atoms. The predicted molar refractivity (Wildman–Crippen MR) is 128 cm³/mol. The molecule has 1 aliphatic carbocycles. The van der Waals surface area contributed by atoms with Crippen molar-refractivity contribution in [2.24, 2.45) is 0 Å². The van der Waals surface area contributed by atoms with Crippen LogP contribution in [0, 0.1) is 5.82 Å². The zero-order valence-electron chi connectivity index (χ0n) is 19.6. The van der Waals surface area contributed by atoms with E-state index in [-0.39, 0.29) is 22.7 Å². The van der Waals surface area contributed by atoms with Crippen molar-refractivity contribution in [3.63, 3.8) is 0 Å². The number of carbonyl (C=O) groups excluding carboxylic acids is 1. The average molecular weight is 485 g/mol. The van der Waals surface area contributed by atoms with E-state index in [0.29, 0.717) is 24.5 Å². The first-order valence-corrected chi connectivity index (χ1v) is 13.0. The minimum absolute atomic E-state index is 0.222. The Bertz CT molecular complexity index is 1300. The van der Waals surface area contributed by atoms with Crippen molar-refractivity contribution in [2.45, 2.75) is 51.0 Å². The van der Waals surface area contributed by atoms with Crippen molar-refractivity contribution in [3.05, 3.63) is 76.9 Å². The Morgan fingerprint density at radius 1 is 1.12 bits per heavy atom. The molecule has 0 saturated heterocycles. The Labute approximate surface area is 199 Å². The van der Waals surface area contributed by atoms with E-state index in [1.165, 1.54) is 10.4 Å². The van der Waals surface area contributed by atoms with Crippen LogP contribution in [-0.4, -0.2) is 41.5 Å². The molecule has 1 aliphatic rings. The number of para-hydroxylation sites is 1. The van der Waals surface area contributed by atoms with Gasteiger partial charge in [0.1, 0.15) is 11.5 Å². The second-order valence-corrected chi connectivity index (χ2v) is 10.3. The first kappa shape index (κ1) is 24.1. The number of carbonyl (C=O) groups is 1. The lowest BCUT2D eigenvalue weighted by Crippen LogP contribution is -2.30. The SMILES string of the molecule is CCN(CC)S(=O)(=O)c1ccc(C(C)NC(=O)c2nn(-c3ccccc3F)c3c2CCC3)cc1. The van der Waals surface area contributed by atoms with E-state index >= 15 is 0 Å². The minimum atomic E-state index is -3.54. The largest absolute Gasteiger partial charge is 0.344 e. The third kappa shape index (κ3) is 4.37. The average Bonchev–Trinajstić information content (AvgIpc) is 3.43. The maximum atomic E-state index is 14.4. The zero-order chi connectivity index (χ0) is 24.5. The van der Waals surface area contributed by atoms with Gasteiger partial charge in [0.25, 0.3) is 5.91 Å². The number of aromatic nitrogens is 2. The van der Waals surface area contributed by atoms with Crippen LogP contribution in [0.15, 0.2) is 53.4 Å². The second kappa shape index (κ2) is 9.68. The van der Waals surface area contributed by atoms with Crippen molar-refractivity contribution in [2.75, 3.05) is 13.1 Å². The first-order chi connectivity index (χ1) is 16.3. The van der Waals surface area contributed by atoms with Crippen LogP contribution in [-0.2, 0) is 22.9 Å². The fraction of sp³-hybridized carbons (Fsp3) is 0.360. The molecule has 1 unspecified atom stereocenters. The molecule has 7 nitrogen and oxygen atoms in total. The van der Waals surface area contributed by atoms with Gasteiger partial charge in [-0.15, -0.1) is 0 Å². The molecule has 1 amide bonds. The van der Waals surface area contributed by atoms with Crippen LogP contribution in [0.2, 0.25) is 0 Å². The summed E-state index contributed by atoms with van der Waals surface area (Å²) in [6, 6.07) is 12.6. The number of halogens is 1. The Balaban J connectivity index is 1.55. The number of fused-ring (bicyclic) bond motifs is 1. The number of hydrogen-bond acceptors (Lipinski definition) is 4. The number of amides is 1. The van der Waals surface area contributed by atoms with Gasteiger partial charge in [0.05, 0.1) is 10.9 Å². The normalized spacial score (nSPS) is 14.3. The summed E-state index contributed by atoms with van der Waals surface area (Å²) in [5.74, 6) is -0.722. The van der Waals surface area contributed by atoms with Crippen LogP contribution in [0.25, 0.3) is 5.69 Å². The highest BCUT2D eigenvalue weighted by molar-refractivity contribution is 7.89. The molecule has 1 N–H and O–H groups in total. The number of rotatable bonds is 8. The van der Waals surface area contributed by atoms with Gasteiger partial charge in [-0.25, -0.2) is 17.5 Å². The summed E-state index contributed by atoms with van der Waals surface area (Å²) < 4.78 is 42.8. The summed E-state index contributed by atoms with van der Waals surface area (Å²) in [6.07, 6.45) is 2.35. The maximum absolute atomic E-state index is 14.4. The molecule has 0 bridgehead atoms. The van der Waals surface area contributed by atoms with E-state index in [1.54, 1.807) is 61.0 Å². The van der Waals surface area contributed by atoms with Gasteiger partial charge in [0, 0.05) is 24.3 Å². The highest BCUT2D eigenvalue weighted by atomic mass is 32.2. The maximum Gasteiger partial charge on any atom is 0.272 e. The van der Waals surface area contributed by atoms with Crippen molar-refractivity contribution in [1.82, 2.24) is 19.4 Å². The molecule has 0 saturated carbocycles. The van der Waals surface area contributed by atoms with Crippen LogP contribution < -0.4 is 5.32 Å². The van der Waals surface area contributed by atoms with Gasteiger partial charge in [-0.1, -0.05) is 38.1 Å². The van der Waals surface area contributed by atoms with Crippen LogP contribution in [0.3, 0.4) is 0 Å². The molecule has 0 radical (unpaired) electrons. The number of nitrogens with one attached hydrogen (secondary N) is 1. The minimum Gasteiger partial charge on any atom is -0.344 e. The lowest BCUT2D eigenvalue weighted by atomic mass is 10.1. The number of nitrogens with zero attached hydrogens (tertiary/aromatic N) is 3. The monoisotopic (exact) mass is 484 g/mol. The lowest BCUT2D eigenvalue weighted by molar-refractivity contribution is 0.0933. The van der Waals surface area contributed by atoms with E-state index < -0.39 is 10.0 Å². The number of sulfonamides is 1. The molecule has 9 heteroatoms. The number of benzene rings is 2. The molecule has 1 atom stereocenters. The molecule has 4 rings (SSSR count). The topological polar surface area (TPSA) is 84.3 Å². The van der Waals surface area contributed by atoms with Gasteiger partial charge < -0.3 is 5.32 Å². The van der Waals surface area contributed by atoms with Crippen LogP contribution in [0.4, 0.5) is 4.39 Å². The second-order valence-electron chi connectivity index (χ2n) is 8.34. The summed E-state index contributed by atoms with van der Waals surface area (Å²) in [7, 11) is -3.54. The van der Waals surface area contributed by atoms with Gasteiger partial charge in [-0.3, -0.25) is 4.79 Å². The Kier molecular flexibility index (Phi) is 6.86. The highest BCUT2D eigenvalue weighted by Gasteiger charge is 2.28. The first-order valence-electron chi connectivity index (χ1n) is 11.5. The number of hydrogen-bond donors (Lipinski definition) is 1. The Morgan fingerprint density at radius 3 is 2.44 bits per heavy atom. The van der Waals surface area contributed by atoms with E-state index in [9.17, 15) is 17.6 Å². The molecular weight excluding hydrogens is 455 g/mol. The third-order valence-electron chi connectivity index (χ3n) is 6.30. The molecule has 0 spiro atoms. The zero-order valence-corrected chi connectivity index (χ0v) is 20.4. The lowest BCUT2D eigenvalue weighted by Gasteiger charge is -2.19. The summed E-state index contributed by atoms with van der Waals surface area (Å²) in [4.78, 5) is 13.3. The summed E-state index contributed by atoms with van der Waals surface area (Å²) in [5.41, 5.74) is 3.14. The summed E-state index contributed by atoms with van der Waals surface area (Å²) in [6.45, 7) is 6.24. The van der Waals surface area contributed by atoms with Crippen molar-refractivity contribution in [1.29, 1.82) is 0 Å². The van der Waals surface area contributed by atoms with Crippen LogP contribution >= 0.6 is 0 Å². The fourth-order valence-electron chi connectivity index (χ4n) is 4.43. The quantitative estimate of drug-likeness (QED) is 0.523. The molecule has 1 heterocycles. The standard InChI is InChI=1S/C25H29FN4O3S/c1-4-29(5-2)34(32,33)19-15-13-18(14-16-19)17(3)27-25(31)24-20-9-8-12-22(20)30(28-24)23-11-7-6-10-21(23)26/h6-7,10-11,13-17H,4-5,8-9,12H2,1-3H3,(H,27,31). The molecule has 180 valence electrons. The molecule has 1 aromatic heterocycles. The Hall–Kier alpha value is -3.04. The molecule has 2 aromatic carbocycles. The smallest absolute Gasteiger partial charge is 0.272 e. The fourth-order valence-corrected chi connectivity index (χ4v) is 5.89.